The van der Waals surface area contributed by atoms with E-state index < -0.39 is 6.10 Å². The lowest BCUT2D eigenvalue weighted by molar-refractivity contribution is 0.0792. The molecule has 2 N–H and O–H groups in total. The summed E-state index contributed by atoms with van der Waals surface area (Å²) in [5.41, 5.74) is 0.443. The Labute approximate surface area is 156 Å². The molecule has 6 heteroatoms. The fourth-order valence-corrected chi connectivity index (χ4v) is 3.08. The fourth-order valence-electron chi connectivity index (χ4n) is 3.08. The van der Waals surface area contributed by atoms with Gasteiger partial charge in [0.2, 0.25) is 0 Å². The molecule has 2 rings (SSSR count). The predicted octanol–water partition coefficient (Wildman–Crippen LogP) is 2.30. The maximum absolute atomic E-state index is 12.5. The standard InChI is InChI=1S/C20H32N2O4/c1-14(2)26-19-11-17(25-4)5-6-18(19)20(24)21-12-16(23)13-22-9-7-15(3)8-10-22/h5-6,11,14-16,23H,7-10,12-13H2,1-4H3,(H,21,24)/t16-/m0/s1. The fraction of sp³-hybridized carbons (Fsp3) is 0.650. The van der Waals surface area contributed by atoms with E-state index >= 15 is 0 Å². The molecule has 0 saturated carbocycles. The second-order valence-corrected chi connectivity index (χ2v) is 7.38. The van der Waals surface area contributed by atoms with E-state index in [9.17, 15) is 9.90 Å². The minimum atomic E-state index is -0.583. The van der Waals surface area contributed by atoms with Gasteiger partial charge in [0.1, 0.15) is 11.5 Å². The number of hydrogen-bond donors (Lipinski definition) is 2. The first kappa shape index (κ1) is 20.5. The van der Waals surface area contributed by atoms with E-state index in [0.717, 1.165) is 19.0 Å². The Bertz CT molecular complexity index is 583. The molecular weight excluding hydrogens is 332 g/mol. The van der Waals surface area contributed by atoms with Crippen molar-refractivity contribution in [2.24, 2.45) is 5.92 Å². The Kier molecular flexibility index (Phi) is 7.72. The first-order valence-corrected chi connectivity index (χ1v) is 9.42. The zero-order chi connectivity index (χ0) is 19.1. The van der Waals surface area contributed by atoms with E-state index in [1.807, 2.05) is 13.8 Å². The Morgan fingerprint density at radius 1 is 1.35 bits per heavy atom. The predicted molar refractivity (Wildman–Crippen MR) is 102 cm³/mol. The number of aliphatic hydroxyl groups excluding tert-OH is 1. The van der Waals surface area contributed by atoms with Gasteiger partial charge in [-0.25, -0.2) is 0 Å². The lowest BCUT2D eigenvalue weighted by Gasteiger charge is -2.31. The zero-order valence-corrected chi connectivity index (χ0v) is 16.3. The summed E-state index contributed by atoms with van der Waals surface area (Å²) in [5.74, 6) is 1.63. The molecule has 0 spiro atoms. The number of methoxy groups -OCH3 is 1. The number of amides is 1. The van der Waals surface area contributed by atoms with Gasteiger partial charge in [0.15, 0.2) is 0 Å². The summed E-state index contributed by atoms with van der Waals surface area (Å²) in [4.78, 5) is 14.8. The molecular formula is C20H32N2O4. The number of carbonyl (C=O) groups is 1. The number of hydrogen-bond acceptors (Lipinski definition) is 5. The molecule has 1 fully saturated rings. The van der Waals surface area contributed by atoms with Crippen molar-refractivity contribution in [1.82, 2.24) is 10.2 Å². The van der Waals surface area contributed by atoms with E-state index in [4.69, 9.17) is 9.47 Å². The van der Waals surface area contributed by atoms with Gasteiger partial charge in [-0.15, -0.1) is 0 Å². The van der Waals surface area contributed by atoms with Crippen LogP contribution in [0, 0.1) is 5.92 Å². The van der Waals surface area contributed by atoms with E-state index in [2.05, 4.69) is 17.1 Å². The summed E-state index contributed by atoms with van der Waals surface area (Å²) in [5, 5.41) is 13.1. The van der Waals surface area contributed by atoms with Crippen LogP contribution in [-0.2, 0) is 0 Å². The molecule has 0 radical (unpaired) electrons. The Morgan fingerprint density at radius 2 is 2.04 bits per heavy atom. The molecule has 0 aromatic heterocycles. The summed E-state index contributed by atoms with van der Waals surface area (Å²) in [6, 6.07) is 5.12. The number of likely N-dealkylation sites (tertiary alicyclic amines) is 1. The van der Waals surface area contributed by atoms with E-state index in [0.29, 0.717) is 23.6 Å². The first-order chi connectivity index (χ1) is 12.4. The molecule has 1 saturated heterocycles. The normalized spacial score (nSPS) is 17.2. The summed E-state index contributed by atoms with van der Waals surface area (Å²) in [7, 11) is 1.58. The summed E-state index contributed by atoms with van der Waals surface area (Å²) < 4.78 is 10.9. The molecule has 146 valence electrons. The SMILES string of the molecule is COc1ccc(C(=O)NC[C@H](O)CN2CCC(C)CC2)c(OC(C)C)c1. The quantitative estimate of drug-likeness (QED) is 0.741. The highest BCUT2D eigenvalue weighted by molar-refractivity contribution is 5.97. The average molecular weight is 364 g/mol. The van der Waals surface area contributed by atoms with Crippen molar-refractivity contribution >= 4 is 5.91 Å². The summed E-state index contributed by atoms with van der Waals surface area (Å²) in [6.07, 6.45) is 1.70. The van der Waals surface area contributed by atoms with Crippen molar-refractivity contribution in [2.75, 3.05) is 33.3 Å². The Morgan fingerprint density at radius 3 is 2.65 bits per heavy atom. The maximum atomic E-state index is 12.5. The molecule has 1 aliphatic rings. The third-order valence-electron chi connectivity index (χ3n) is 4.64. The molecule has 1 aromatic rings. The number of β-amino-alcohol motifs (C(OH)–C–C–N with tert-alkyl or cyclic N) is 1. The molecule has 1 atom stereocenters. The third kappa shape index (κ3) is 6.18. The van der Waals surface area contributed by atoms with Gasteiger partial charge in [0, 0.05) is 19.2 Å². The number of benzene rings is 1. The Balaban J connectivity index is 1.90. The van der Waals surface area contributed by atoms with Crippen LogP contribution in [0.15, 0.2) is 18.2 Å². The number of nitrogens with one attached hydrogen (secondary N) is 1. The second-order valence-electron chi connectivity index (χ2n) is 7.38. The van der Waals surface area contributed by atoms with Gasteiger partial charge in [-0.1, -0.05) is 6.92 Å². The lowest BCUT2D eigenvalue weighted by Crippen LogP contribution is -2.43. The largest absolute Gasteiger partial charge is 0.497 e. The van der Waals surface area contributed by atoms with Gasteiger partial charge in [-0.3, -0.25) is 4.79 Å². The highest BCUT2D eigenvalue weighted by atomic mass is 16.5. The van der Waals surface area contributed by atoms with Crippen LogP contribution in [0.1, 0.15) is 44.0 Å². The number of ether oxygens (including phenoxy) is 2. The van der Waals surface area contributed by atoms with Crippen LogP contribution >= 0.6 is 0 Å². The first-order valence-electron chi connectivity index (χ1n) is 9.42. The van der Waals surface area contributed by atoms with Gasteiger partial charge in [0.05, 0.1) is 24.9 Å². The number of nitrogens with zero attached hydrogens (tertiary/aromatic N) is 1. The minimum absolute atomic E-state index is 0.0549. The minimum Gasteiger partial charge on any atom is -0.497 e. The topological polar surface area (TPSA) is 71.0 Å². The van der Waals surface area contributed by atoms with Gasteiger partial charge in [-0.05, 0) is 57.8 Å². The van der Waals surface area contributed by atoms with Crippen LogP contribution in [0.25, 0.3) is 0 Å². The van der Waals surface area contributed by atoms with Crippen molar-refractivity contribution in [1.29, 1.82) is 0 Å². The van der Waals surface area contributed by atoms with Crippen LogP contribution < -0.4 is 14.8 Å². The third-order valence-corrected chi connectivity index (χ3v) is 4.64. The van der Waals surface area contributed by atoms with E-state index in [1.165, 1.54) is 12.8 Å². The van der Waals surface area contributed by atoms with Gasteiger partial charge < -0.3 is 24.8 Å². The second kappa shape index (κ2) is 9.78. The summed E-state index contributed by atoms with van der Waals surface area (Å²) >= 11 is 0. The molecule has 1 amide bonds. The average Bonchev–Trinajstić information content (AvgIpc) is 2.61. The Hall–Kier alpha value is -1.79. The molecule has 0 aliphatic carbocycles. The highest BCUT2D eigenvalue weighted by Gasteiger charge is 2.20. The van der Waals surface area contributed by atoms with Crippen LogP contribution in [0.5, 0.6) is 11.5 Å². The van der Waals surface area contributed by atoms with Gasteiger partial charge >= 0.3 is 0 Å². The van der Waals surface area contributed by atoms with E-state index in [-0.39, 0.29) is 18.6 Å². The monoisotopic (exact) mass is 364 g/mol. The smallest absolute Gasteiger partial charge is 0.255 e. The van der Waals surface area contributed by atoms with Crippen molar-refractivity contribution in [3.05, 3.63) is 23.8 Å². The maximum Gasteiger partial charge on any atom is 0.255 e. The molecule has 1 aliphatic heterocycles. The van der Waals surface area contributed by atoms with Crippen molar-refractivity contribution < 1.29 is 19.4 Å². The molecule has 26 heavy (non-hydrogen) atoms. The number of rotatable bonds is 8. The van der Waals surface area contributed by atoms with Gasteiger partial charge in [0.25, 0.3) is 5.91 Å². The van der Waals surface area contributed by atoms with Crippen LogP contribution in [0.3, 0.4) is 0 Å². The molecule has 6 nitrogen and oxygen atoms in total. The van der Waals surface area contributed by atoms with E-state index in [1.54, 1.807) is 25.3 Å². The molecule has 1 aromatic carbocycles. The van der Waals surface area contributed by atoms with Crippen molar-refractivity contribution in [2.45, 2.75) is 45.8 Å². The van der Waals surface area contributed by atoms with Crippen LogP contribution in [0.4, 0.5) is 0 Å². The molecule has 0 unspecified atom stereocenters. The van der Waals surface area contributed by atoms with Crippen LogP contribution in [0.2, 0.25) is 0 Å². The number of piperidine rings is 1. The number of aliphatic hydroxyl groups is 1. The molecule has 1 heterocycles. The summed E-state index contributed by atoms with van der Waals surface area (Å²) in [6.45, 7) is 8.91. The van der Waals surface area contributed by atoms with Crippen molar-refractivity contribution in [3.63, 3.8) is 0 Å². The van der Waals surface area contributed by atoms with Crippen LogP contribution in [-0.4, -0.2) is 61.4 Å². The lowest BCUT2D eigenvalue weighted by atomic mass is 9.99. The van der Waals surface area contributed by atoms with Gasteiger partial charge in [-0.2, -0.15) is 0 Å². The highest BCUT2D eigenvalue weighted by Crippen LogP contribution is 2.26. The molecule has 0 bridgehead atoms. The zero-order valence-electron chi connectivity index (χ0n) is 16.3. The number of carbonyl (C=O) groups excluding carboxylic acids is 1. The van der Waals surface area contributed by atoms with Crippen molar-refractivity contribution in [3.8, 4) is 11.5 Å².